The molecule has 0 aliphatic heterocycles. The number of nitrogens with zero attached hydrogens (tertiary/aromatic N) is 3. The van der Waals surface area contributed by atoms with Crippen LogP contribution in [-0.2, 0) is 6.54 Å². The number of nitro groups is 1. The summed E-state index contributed by atoms with van der Waals surface area (Å²) in [5.74, 6) is 1.86. The van der Waals surface area contributed by atoms with Gasteiger partial charge >= 0.3 is 5.69 Å². The summed E-state index contributed by atoms with van der Waals surface area (Å²) in [5, 5.41) is 17.1. The molecule has 0 radical (unpaired) electrons. The van der Waals surface area contributed by atoms with Gasteiger partial charge in [0.15, 0.2) is 0 Å². The lowest BCUT2D eigenvalue weighted by molar-refractivity contribution is -0.383. The highest BCUT2D eigenvalue weighted by molar-refractivity contribution is 5.69. The maximum atomic E-state index is 11.2. The Balaban J connectivity index is 2.19. The van der Waals surface area contributed by atoms with Crippen molar-refractivity contribution in [1.29, 1.82) is 0 Å². The van der Waals surface area contributed by atoms with Crippen LogP contribution in [-0.4, -0.2) is 21.4 Å². The van der Waals surface area contributed by atoms with Gasteiger partial charge in [-0.3, -0.25) is 10.1 Å². The van der Waals surface area contributed by atoms with Crippen molar-refractivity contribution in [2.75, 3.05) is 17.2 Å². The summed E-state index contributed by atoms with van der Waals surface area (Å²) in [6.45, 7) is 4.73. The van der Waals surface area contributed by atoms with Crippen molar-refractivity contribution in [1.82, 2.24) is 9.97 Å². The van der Waals surface area contributed by atoms with Crippen LogP contribution in [0.15, 0.2) is 22.9 Å². The van der Waals surface area contributed by atoms with Gasteiger partial charge in [-0.15, -0.1) is 0 Å². The molecule has 0 saturated heterocycles. The van der Waals surface area contributed by atoms with Crippen molar-refractivity contribution in [3.05, 3.63) is 40.1 Å². The summed E-state index contributed by atoms with van der Waals surface area (Å²) in [6.07, 6.45) is 2.14. The molecule has 0 unspecified atom stereocenters. The zero-order valence-corrected chi connectivity index (χ0v) is 11.9. The van der Waals surface area contributed by atoms with E-state index < -0.39 is 4.92 Å². The quantitative estimate of drug-likeness (QED) is 0.596. The van der Waals surface area contributed by atoms with Gasteiger partial charge < -0.3 is 15.1 Å². The van der Waals surface area contributed by atoms with Crippen LogP contribution in [0.1, 0.15) is 24.9 Å². The van der Waals surface area contributed by atoms with Crippen molar-refractivity contribution in [2.45, 2.75) is 26.8 Å². The van der Waals surface area contributed by atoms with Crippen molar-refractivity contribution in [3.8, 4) is 0 Å². The number of hydrogen-bond donors (Lipinski definition) is 2. The van der Waals surface area contributed by atoms with E-state index in [1.807, 2.05) is 26.0 Å². The SMILES string of the molecule is CCCNc1ncnc(NCc2ccc(C)o2)c1[N+](=O)[O-]. The van der Waals surface area contributed by atoms with E-state index in [0.717, 1.165) is 12.2 Å². The number of anilines is 2. The molecule has 0 atom stereocenters. The molecule has 0 bridgehead atoms. The van der Waals surface area contributed by atoms with Crippen LogP contribution in [0.4, 0.5) is 17.3 Å². The highest BCUT2D eigenvalue weighted by atomic mass is 16.6. The van der Waals surface area contributed by atoms with Gasteiger partial charge in [0.1, 0.15) is 17.8 Å². The Kier molecular flexibility index (Phi) is 4.70. The fourth-order valence-electron chi connectivity index (χ4n) is 1.80. The molecule has 2 aromatic rings. The maximum Gasteiger partial charge on any atom is 0.353 e. The zero-order valence-electron chi connectivity index (χ0n) is 11.9. The average molecular weight is 291 g/mol. The Morgan fingerprint density at radius 3 is 2.57 bits per heavy atom. The lowest BCUT2D eigenvalue weighted by Crippen LogP contribution is -2.10. The first-order chi connectivity index (χ1) is 10.1. The average Bonchev–Trinajstić information content (AvgIpc) is 2.88. The second-order valence-corrected chi connectivity index (χ2v) is 4.47. The molecular weight excluding hydrogens is 274 g/mol. The van der Waals surface area contributed by atoms with Crippen LogP contribution in [0.3, 0.4) is 0 Å². The van der Waals surface area contributed by atoms with Gasteiger partial charge in [-0.05, 0) is 25.5 Å². The third-order valence-corrected chi connectivity index (χ3v) is 2.77. The number of furan rings is 1. The van der Waals surface area contributed by atoms with Crippen LogP contribution in [0.5, 0.6) is 0 Å². The Bertz CT molecular complexity index is 626. The summed E-state index contributed by atoms with van der Waals surface area (Å²) in [7, 11) is 0. The molecular formula is C13H17N5O3. The van der Waals surface area contributed by atoms with Gasteiger partial charge in [0.05, 0.1) is 11.5 Å². The van der Waals surface area contributed by atoms with Gasteiger partial charge in [0.25, 0.3) is 0 Å². The molecule has 0 amide bonds. The maximum absolute atomic E-state index is 11.2. The summed E-state index contributed by atoms with van der Waals surface area (Å²) >= 11 is 0. The van der Waals surface area contributed by atoms with Gasteiger partial charge in [-0.2, -0.15) is 0 Å². The smallest absolute Gasteiger partial charge is 0.353 e. The van der Waals surface area contributed by atoms with E-state index in [-0.39, 0.29) is 17.3 Å². The molecule has 0 fully saturated rings. The van der Waals surface area contributed by atoms with Gasteiger partial charge in [0, 0.05) is 6.54 Å². The zero-order chi connectivity index (χ0) is 15.2. The van der Waals surface area contributed by atoms with E-state index in [2.05, 4.69) is 20.6 Å². The third-order valence-electron chi connectivity index (χ3n) is 2.77. The summed E-state index contributed by atoms with van der Waals surface area (Å²) < 4.78 is 5.41. The standard InChI is InChI=1S/C13H17N5O3/c1-3-6-14-12-11(18(19)20)13(17-8-16-12)15-7-10-5-4-9(2)21-10/h4-5,8H,3,6-7H2,1-2H3,(H2,14,15,16,17). The first kappa shape index (κ1) is 14.8. The number of hydrogen-bond acceptors (Lipinski definition) is 7. The van der Waals surface area contributed by atoms with Crippen molar-refractivity contribution >= 4 is 17.3 Å². The molecule has 2 rings (SSSR count). The van der Waals surface area contributed by atoms with Gasteiger partial charge in [-0.1, -0.05) is 6.92 Å². The molecule has 0 aliphatic carbocycles. The summed E-state index contributed by atoms with van der Waals surface area (Å²) in [4.78, 5) is 18.6. The van der Waals surface area contributed by atoms with Crippen molar-refractivity contribution in [2.24, 2.45) is 0 Å². The van der Waals surface area contributed by atoms with E-state index in [1.165, 1.54) is 6.33 Å². The van der Waals surface area contributed by atoms with Crippen LogP contribution in [0.25, 0.3) is 0 Å². The number of nitrogens with one attached hydrogen (secondary N) is 2. The molecule has 2 heterocycles. The fourth-order valence-corrected chi connectivity index (χ4v) is 1.80. The third kappa shape index (κ3) is 3.68. The van der Waals surface area contributed by atoms with Crippen molar-refractivity contribution < 1.29 is 9.34 Å². The number of aromatic nitrogens is 2. The molecule has 0 aromatic carbocycles. The Hall–Kier alpha value is -2.64. The van der Waals surface area contributed by atoms with Crippen LogP contribution < -0.4 is 10.6 Å². The van der Waals surface area contributed by atoms with Crippen LogP contribution >= 0.6 is 0 Å². The van der Waals surface area contributed by atoms with E-state index >= 15 is 0 Å². The molecule has 112 valence electrons. The molecule has 8 nitrogen and oxygen atoms in total. The minimum absolute atomic E-state index is 0.158. The molecule has 2 aromatic heterocycles. The summed E-state index contributed by atoms with van der Waals surface area (Å²) in [6, 6.07) is 3.64. The first-order valence-corrected chi connectivity index (χ1v) is 6.64. The van der Waals surface area contributed by atoms with Crippen molar-refractivity contribution in [3.63, 3.8) is 0 Å². The van der Waals surface area contributed by atoms with Gasteiger partial charge in [-0.25, -0.2) is 9.97 Å². The minimum atomic E-state index is -0.492. The monoisotopic (exact) mass is 291 g/mol. The predicted octanol–water partition coefficient (Wildman–Crippen LogP) is 2.72. The van der Waals surface area contributed by atoms with E-state index in [0.29, 0.717) is 18.8 Å². The highest BCUT2D eigenvalue weighted by Crippen LogP contribution is 2.29. The molecule has 0 aliphatic rings. The molecule has 0 spiro atoms. The lowest BCUT2D eigenvalue weighted by Gasteiger charge is -2.08. The molecule has 8 heteroatoms. The number of aryl methyl sites for hydroxylation is 1. The van der Waals surface area contributed by atoms with E-state index in [9.17, 15) is 10.1 Å². The van der Waals surface area contributed by atoms with Crippen LogP contribution in [0.2, 0.25) is 0 Å². The van der Waals surface area contributed by atoms with Gasteiger partial charge in [0.2, 0.25) is 11.6 Å². The highest BCUT2D eigenvalue weighted by Gasteiger charge is 2.22. The molecule has 0 saturated carbocycles. The topological polar surface area (TPSA) is 106 Å². The second kappa shape index (κ2) is 6.69. The fraction of sp³-hybridized carbons (Fsp3) is 0.385. The Morgan fingerprint density at radius 1 is 1.29 bits per heavy atom. The largest absolute Gasteiger partial charge is 0.465 e. The second-order valence-electron chi connectivity index (χ2n) is 4.47. The molecule has 21 heavy (non-hydrogen) atoms. The first-order valence-electron chi connectivity index (χ1n) is 6.64. The summed E-state index contributed by atoms with van der Waals surface area (Å²) in [5.41, 5.74) is -0.158. The Morgan fingerprint density at radius 2 is 2.00 bits per heavy atom. The van der Waals surface area contributed by atoms with E-state index in [1.54, 1.807) is 0 Å². The number of rotatable bonds is 7. The Labute approximate surface area is 121 Å². The lowest BCUT2D eigenvalue weighted by atomic mass is 10.3. The molecule has 2 N–H and O–H groups in total. The van der Waals surface area contributed by atoms with E-state index in [4.69, 9.17) is 4.42 Å². The minimum Gasteiger partial charge on any atom is -0.465 e. The predicted molar refractivity (Wildman–Crippen MR) is 78.2 cm³/mol. The normalized spacial score (nSPS) is 10.4. The van der Waals surface area contributed by atoms with Crippen LogP contribution in [0, 0.1) is 17.0 Å².